The van der Waals surface area contributed by atoms with Gasteiger partial charge in [0.15, 0.2) is 5.82 Å². The quantitative estimate of drug-likeness (QED) is 0.880. The van der Waals surface area contributed by atoms with Crippen LogP contribution in [0.2, 0.25) is 5.02 Å². The Morgan fingerprint density at radius 1 is 1.36 bits per heavy atom. The van der Waals surface area contributed by atoms with E-state index in [2.05, 4.69) is 15.5 Å². The molecule has 1 saturated carbocycles. The zero-order valence-corrected chi connectivity index (χ0v) is 14.6. The number of H-pyrrole nitrogens is 1. The number of aryl methyl sites for hydroxylation is 1. The number of benzene rings is 1. The third-order valence-corrected chi connectivity index (χ3v) is 5.24. The summed E-state index contributed by atoms with van der Waals surface area (Å²) in [6.45, 7) is 2.26. The maximum Gasteiger partial charge on any atom is 0.231 e. The number of anilines is 2. The van der Waals surface area contributed by atoms with Crippen molar-refractivity contribution in [2.45, 2.75) is 32.1 Å². The van der Waals surface area contributed by atoms with E-state index >= 15 is 0 Å². The molecule has 7 heteroatoms. The van der Waals surface area contributed by atoms with Crippen molar-refractivity contribution in [3.8, 4) is 0 Å². The van der Waals surface area contributed by atoms with Crippen molar-refractivity contribution in [2.75, 3.05) is 16.8 Å². The van der Waals surface area contributed by atoms with Crippen LogP contribution < -0.4 is 10.2 Å². The third-order valence-electron chi connectivity index (χ3n) is 4.83. The van der Waals surface area contributed by atoms with Gasteiger partial charge < -0.3 is 10.2 Å². The topological polar surface area (TPSA) is 78.1 Å². The first kappa shape index (κ1) is 16.1. The molecule has 4 rings (SSSR count). The molecule has 0 unspecified atom stereocenters. The number of amides is 2. The lowest BCUT2D eigenvalue weighted by Gasteiger charge is -2.17. The minimum Gasteiger partial charge on any atom is -0.312 e. The Hall–Kier alpha value is -2.34. The number of nitrogens with one attached hydrogen (secondary N) is 2. The minimum absolute atomic E-state index is 0.0687. The molecule has 2 heterocycles. The molecule has 1 aromatic carbocycles. The zero-order chi connectivity index (χ0) is 17.6. The smallest absolute Gasteiger partial charge is 0.231 e. The van der Waals surface area contributed by atoms with E-state index in [1.807, 2.05) is 25.1 Å². The van der Waals surface area contributed by atoms with Gasteiger partial charge in [0.05, 0.1) is 5.92 Å². The molecule has 0 radical (unpaired) electrons. The Morgan fingerprint density at radius 2 is 2.16 bits per heavy atom. The fourth-order valence-electron chi connectivity index (χ4n) is 3.11. The van der Waals surface area contributed by atoms with E-state index in [-0.39, 0.29) is 18.2 Å². The number of carbonyl (C=O) groups excluding carboxylic acids is 2. The van der Waals surface area contributed by atoms with Gasteiger partial charge in [-0.1, -0.05) is 17.7 Å². The van der Waals surface area contributed by atoms with E-state index in [1.54, 1.807) is 11.0 Å². The van der Waals surface area contributed by atoms with E-state index < -0.39 is 5.92 Å². The van der Waals surface area contributed by atoms with Crippen molar-refractivity contribution in [1.29, 1.82) is 0 Å². The van der Waals surface area contributed by atoms with Gasteiger partial charge in [0.25, 0.3) is 0 Å². The van der Waals surface area contributed by atoms with E-state index in [0.29, 0.717) is 23.3 Å². The normalized spacial score (nSPS) is 20.2. The molecule has 2 aliphatic rings. The van der Waals surface area contributed by atoms with Crippen molar-refractivity contribution in [1.82, 2.24) is 10.2 Å². The molecule has 1 aliphatic carbocycles. The van der Waals surface area contributed by atoms with E-state index in [1.165, 1.54) is 12.8 Å². The van der Waals surface area contributed by atoms with Crippen molar-refractivity contribution >= 4 is 34.9 Å². The van der Waals surface area contributed by atoms with Crippen LogP contribution in [-0.4, -0.2) is 28.6 Å². The molecule has 2 N–H and O–H groups in total. The van der Waals surface area contributed by atoms with Crippen LogP contribution in [0.15, 0.2) is 24.3 Å². The van der Waals surface area contributed by atoms with Gasteiger partial charge >= 0.3 is 0 Å². The summed E-state index contributed by atoms with van der Waals surface area (Å²) in [6.07, 6.45) is 2.53. The van der Waals surface area contributed by atoms with Crippen LogP contribution >= 0.6 is 11.6 Å². The van der Waals surface area contributed by atoms with Crippen LogP contribution in [0.5, 0.6) is 0 Å². The first-order chi connectivity index (χ1) is 12.0. The number of rotatable bonds is 4. The minimum atomic E-state index is -0.395. The van der Waals surface area contributed by atoms with Crippen molar-refractivity contribution < 1.29 is 9.59 Å². The van der Waals surface area contributed by atoms with Gasteiger partial charge in [0.2, 0.25) is 11.8 Å². The summed E-state index contributed by atoms with van der Waals surface area (Å²) in [4.78, 5) is 26.4. The molecule has 0 bridgehead atoms. The summed E-state index contributed by atoms with van der Waals surface area (Å²) < 4.78 is 0. The van der Waals surface area contributed by atoms with Crippen LogP contribution in [0.25, 0.3) is 0 Å². The van der Waals surface area contributed by atoms with Crippen LogP contribution in [0, 0.1) is 12.8 Å². The van der Waals surface area contributed by atoms with Crippen LogP contribution in [0.3, 0.4) is 0 Å². The molecular formula is C18H19ClN4O2. The summed E-state index contributed by atoms with van der Waals surface area (Å²) in [5, 5.41) is 10.5. The van der Waals surface area contributed by atoms with Gasteiger partial charge in [-0.2, -0.15) is 5.10 Å². The summed E-state index contributed by atoms with van der Waals surface area (Å²) in [5.74, 6) is 0.432. The van der Waals surface area contributed by atoms with E-state index in [4.69, 9.17) is 11.6 Å². The van der Waals surface area contributed by atoms with Crippen molar-refractivity contribution in [3.63, 3.8) is 0 Å². The maximum atomic E-state index is 12.5. The van der Waals surface area contributed by atoms with Crippen molar-refractivity contribution in [2.24, 2.45) is 5.92 Å². The second kappa shape index (κ2) is 6.19. The van der Waals surface area contributed by atoms with E-state index in [0.717, 1.165) is 16.9 Å². The van der Waals surface area contributed by atoms with Crippen LogP contribution in [0.4, 0.5) is 11.5 Å². The monoisotopic (exact) mass is 358 g/mol. The Morgan fingerprint density at radius 3 is 2.88 bits per heavy atom. The number of carbonyl (C=O) groups is 2. The number of aromatic amines is 1. The highest BCUT2D eigenvalue weighted by atomic mass is 35.5. The van der Waals surface area contributed by atoms with Gasteiger partial charge in [-0.15, -0.1) is 0 Å². The lowest BCUT2D eigenvalue weighted by Crippen LogP contribution is -2.28. The summed E-state index contributed by atoms with van der Waals surface area (Å²) in [6, 6.07) is 7.38. The molecule has 25 heavy (non-hydrogen) atoms. The molecule has 2 fully saturated rings. The fourth-order valence-corrected chi connectivity index (χ4v) is 3.29. The predicted octanol–water partition coefficient (Wildman–Crippen LogP) is 3.24. The lowest BCUT2D eigenvalue weighted by molar-refractivity contribution is -0.122. The van der Waals surface area contributed by atoms with Crippen molar-refractivity contribution in [3.05, 3.63) is 40.5 Å². The van der Waals surface area contributed by atoms with E-state index in [9.17, 15) is 9.59 Å². The molecule has 6 nitrogen and oxygen atoms in total. The highest BCUT2D eigenvalue weighted by Crippen LogP contribution is 2.39. The zero-order valence-electron chi connectivity index (χ0n) is 13.9. The van der Waals surface area contributed by atoms with Gasteiger partial charge in [-0.3, -0.25) is 14.7 Å². The molecule has 2 aromatic rings. The van der Waals surface area contributed by atoms with Gasteiger partial charge in [-0.05, 0) is 37.5 Å². The summed E-state index contributed by atoms with van der Waals surface area (Å²) in [5.41, 5.74) is 2.75. The summed E-state index contributed by atoms with van der Waals surface area (Å²) in [7, 11) is 0. The number of hydrogen-bond donors (Lipinski definition) is 2. The van der Waals surface area contributed by atoms with Crippen LogP contribution in [0.1, 0.15) is 36.4 Å². The third kappa shape index (κ3) is 3.26. The number of nitrogens with zero attached hydrogens (tertiary/aromatic N) is 2. The molecule has 1 saturated heterocycles. The molecule has 130 valence electrons. The average molecular weight is 359 g/mol. The highest BCUT2D eigenvalue weighted by molar-refractivity contribution is 6.31. The number of halogens is 1. The molecule has 1 aromatic heterocycles. The molecular weight excluding hydrogens is 340 g/mol. The van der Waals surface area contributed by atoms with Gasteiger partial charge in [-0.25, -0.2) is 0 Å². The second-order valence-corrected chi connectivity index (χ2v) is 7.22. The maximum absolute atomic E-state index is 12.5. The SMILES string of the molecule is Cc1ccc(N2C[C@@H](C(=O)Nc3cc(C4CC4)[nH]n3)CC2=O)cc1Cl. The Kier molecular flexibility index (Phi) is 4.00. The second-order valence-electron chi connectivity index (χ2n) is 6.81. The van der Waals surface area contributed by atoms with Crippen LogP contribution in [-0.2, 0) is 9.59 Å². The molecule has 0 spiro atoms. The average Bonchev–Trinajstić information content (AvgIpc) is 3.21. The lowest BCUT2D eigenvalue weighted by atomic mass is 10.1. The molecule has 1 atom stereocenters. The Labute approximate surface area is 150 Å². The predicted molar refractivity (Wildman–Crippen MR) is 95.8 cm³/mol. The summed E-state index contributed by atoms with van der Waals surface area (Å²) >= 11 is 6.15. The Bertz CT molecular complexity index is 843. The molecule has 1 aliphatic heterocycles. The Balaban J connectivity index is 1.43. The fraction of sp³-hybridized carbons (Fsp3) is 0.389. The van der Waals surface area contributed by atoms with Gasteiger partial charge in [0.1, 0.15) is 0 Å². The first-order valence-corrected chi connectivity index (χ1v) is 8.82. The molecule has 2 amide bonds. The number of hydrogen-bond acceptors (Lipinski definition) is 3. The first-order valence-electron chi connectivity index (χ1n) is 8.44. The highest BCUT2D eigenvalue weighted by Gasteiger charge is 2.35. The number of aromatic nitrogens is 2. The largest absolute Gasteiger partial charge is 0.312 e. The standard InChI is InChI=1S/C18H19ClN4O2/c1-10-2-5-13(7-14(10)19)23-9-12(6-17(23)24)18(25)20-16-8-15(21-22-16)11-3-4-11/h2,5,7-8,11-12H,3-4,6,9H2,1H3,(H2,20,21,22,25)/t12-/m0/s1. The van der Waals surface area contributed by atoms with Gasteiger partial charge in [0, 0.05) is 41.4 Å².